The van der Waals surface area contributed by atoms with E-state index in [-0.39, 0.29) is 6.10 Å². The van der Waals surface area contributed by atoms with Crippen LogP contribution in [0.4, 0.5) is 5.69 Å². The highest BCUT2D eigenvalue weighted by molar-refractivity contribution is 9.11. The van der Waals surface area contributed by atoms with E-state index in [1.165, 1.54) is 19.3 Å². The van der Waals surface area contributed by atoms with E-state index in [1.54, 1.807) is 0 Å². The number of nitrogens with two attached hydrogens (primary N) is 2. The molecule has 0 saturated carbocycles. The molecule has 0 aliphatic rings. The summed E-state index contributed by atoms with van der Waals surface area (Å²) in [7, 11) is 0. The maximum Gasteiger partial charge on any atom is 0.0512 e. The summed E-state index contributed by atoms with van der Waals surface area (Å²) < 4.78 is 1.87. The lowest BCUT2D eigenvalue weighted by Gasteiger charge is -2.05. The van der Waals surface area contributed by atoms with E-state index < -0.39 is 0 Å². The Morgan fingerprint density at radius 2 is 1.89 bits per heavy atom. The molecule has 0 aromatic heterocycles. The molecule has 0 spiro atoms. The van der Waals surface area contributed by atoms with Crippen LogP contribution in [0.15, 0.2) is 21.1 Å². The molecule has 0 amide bonds. The predicted molar refractivity (Wildman–Crippen MR) is 90.0 cm³/mol. The summed E-state index contributed by atoms with van der Waals surface area (Å²) in [6, 6.07) is 3.81. The van der Waals surface area contributed by atoms with Crippen molar-refractivity contribution in [2.75, 3.05) is 5.73 Å². The van der Waals surface area contributed by atoms with Gasteiger partial charge in [0.2, 0.25) is 0 Å². The minimum atomic E-state index is -0.0958. The first-order chi connectivity index (χ1) is 8.92. The summed E-state index contributed by atoms with van der Waals surface area (Å²) in [4.78, 5) is 0. The van der Waals surface area contributed by atoms with E-state index in [1.807, 2.05) is 19.1 Å². The molecule has 19 heavy (non-hydrogen) atoms. The van der Waals surface area contributed by atoms with E-state index in [0.29, 0.717) is 6.54 Å². The standard InChI is InChI=1S/C7H8Br2N2.C7H16O/c8-5-1-4(3-10)7(11)6(9)2-5;1-3-4-5-6-7(2)8/h1-2H,3,10-11H2;7-8H,3-6H2,1-2H3. The minimum Gasteiger partial charge on any atom is -0.398 e. The molecule has 3 nitrogen and oxygen atoms in total. The van der Waals surface area contributed by atoms with Gasteiger partial charge in [0.1, 0.15) is 0 Å². The van der Waals surface area contributed by atoms with Crippen molar-refractivity contribution >= 4 is 37.5 Å². The third kappa shape index (κ3) is 8.63. The van der Waals surface area contributed by atoms with E-state index >= 15 is 0 Å². The van der Waals surface area contributed by atoms with Gasteiger partial charge in [-0.15, -0.1) is 0 Å². The molecule has 0 saturated heterocycles. The van der Waals surface area contributed by atoms with E-state index in [0.717, 1.165) is 26.6 Å². The topological polar surface area (TPSA) is 72.3 Å². The van der Waals surface area contributed by atoms with Crippen molar-refractivity contribution < 1.29 is 5.11 Å². The quantitative estimate of drug-likeness (QED) is 0.516. The summed E-state index contributed by atoms with van der Waals surface area (Å²) in [5.41, 5.74) is 12.8. The molecule has 110 valence electrons. The van der Waals surface area contributed by atoms with Crippen molar-refractivity contribution in [3.8, 4) is 0 Å². The number of nitrogen functional groups attached to an aromatic ring is 1. The fourth-order valence-electron chi connectivity index (χ4n) is 1.50. The van der Waals surface area contributed by atoms with E-state index in [9.17, 15) is 0 Å². The lowest BCUT2D eigenvalue weighted by Crippen LogP contribution is -2.01. The van der Waals surface area contributed by atoms with Gasteiger partial charge in [-0.25, -0.2) is 0 Å². The maximum absolute atomic E-state index is 8.78. The van der Waals surface area contributed by atoms with Gasteiger partial charge in [0.25, 0.3) is 0 Å². The van der Waals surface area contributed by atoms with Crippen LogP contribution in [-0.2, 0) is 6.54 Å². The van der Waals surface area contributed by atoms with Crippen LogP contribution in [0.1, 0.15) is 45.1 Å². The number of aliphatic hydroxyl groups is 1. The van der Waals surface area contributed by atoms with Gasteiger partial charge in [-0.05, 0) is 47.0 Å². The smallest absolute Gasteiger partial charge is 0.0512 e. The SMILES string of the molecule is CCCCCC(C)O.NCc1cc(Br)cc(Br)c1N. The zero-order valence-corrected chi connectivity index (χ0v) is 14.8. The lowest BCUT2D eigenvalue weighted by molar-refractivity contribution is 0.180. The molecule has 0 aliphatic carbocycles. The number of unbranched alkanes of at least 4 members (excludes halogenated alkanes) is 2. The molecule has 5 heteroatoms. The van der Waals surface area contributed by atoms with Crippen LogP contribution in [0.5, 0.6) is 0 Å². The first-order valence-electron chi connectivity index (χ1n) is 6.53. The normalized spacial score (nSPS) is 11.7. The minimum absolute atomic E-state index is 0.0958. The first kappa shape index (κ1) is 18.9. The molecular formula is C14H24Br2N2O. The number of hydrogen-bond acceptors (Lipinski definition) is 3. The largest absolute Gasteiger partial charge is 0.398 e. The van der Waals surface area contributed by atoms with Crippen LogP contribution in [0, 0.1) is 0 Å². The monoisotopic (exact) mass is 394 g/mol. The molecule has 5 N–H and O–H groups in total. The van der Waals surface area contributed by atoms with Crippen molar-refractivity contribution in [3.05, 3.63) is 26.6 Å². The van der Waals surface area contributed by atoms with Gasteiger partial charge in [0.05, 0.1) is 11.8 Å². The molecule has 1 unspecified atom stereocenters. The zero-order chi connectivity index (χ0) is 14.8. The van der Waals surface area contributed by atoms with Crippen LogP contribution in [0.25, 0.3) is 0 Å². The number of anilines is 1. The second-order valence-corrected chi connectivity index (χ2v) is 6.28. The number of hydrogen-bond donors (Lipinski definition) is 3. The summed E-state index contributed by atoms with van der Waals surface area (Å²) in [5, 5.41) is 8.78. The Morgan fingerprint density at radius 1 is 1.26 bits per heavy atom. The second-order valence-electron chi connectivity index (χ2n) is 4.51. The van der Waals surface area contributed by atoms with E-state index in [2.05, 4.69) is 38.8 Å². The van der Waals surface area contributed by atoms with Crippen molar-refractivity contribution in [2.45, 2.75) is 52.2 Å². The third-order valence-electron chi connectivity index (χ3n) is 2.63. The molecule has 0 bridgehead atoms. The Kier molecular flexibility index (Phi) is 10.6. The van der Waals surface area contributed by atoms with Crippen LogP contribution in [0.2, 0.25) is 0 Å². The highest BCUT2D eigenvalue weighted by Crippen LogP contribution is 2.27. The molecule has 0 radical (unpaired) electrons. The van der Waals surface area contributed by atoms with Crippen molar-refractivity contribution in [3.63, 3.8) is 0 Å². The van der Waals surface area contributed by atoms with Crippen molar-refractivity contribution in [1.29, 1.82) is 0 Å². The fraction of sp³-hybridized carbons (Fsp3) is 0.571. The Hall–Kier alpha value is -0.100. The molecule has 1 aromatic carbocycles. The van der Waals surface area contributed by atoms with Gasteiger partial charge in [-0.2, -0.15) is 0 Å². The van der Waals surface area contributed by atoms with Gasteiger partial charge in [-0.3, -0.25) is 0 Å². The maximum atomic E-state index is 8.78. The molecule has 1 rings (SSSR count). The van der Waals surface area contributed by atoms with Gasteiger partial charge in [0, 0.05) is 15.5 Å². The highest BCUT2D eigenvalue weighted by atomic mass is 79.9. The molecule has 0 fully saturated rings. The number of rotatable bonds is 5. The average molecular weight is 396 g/mol. The number of halogens is 2. The molecule has 0 aliphatic heterocycles. The summed E-state index contributed by atoms with van der Waals surface area (Å²) in [6.07, 6.45) is 4.54. The molecular weight excluding hydrogens is 372 g/mol. The number of benzene rings is 1. The first-order valence-corrected chi connectivity index (χ1v) is 8.12. The Morgan fingerprint density at radius 3 is 2.37 bits per heavy atom. The highest BCUT2D eigenvalue weighted by Gasteiger charge is 2.02. The Balaban J connectivity index is 0.000000362. The molecule has 1 atom stereocenters. The molecule has 0 heterocycles. The van der Waals surface area contributed by atoms with Crippen molar-refractivity contribution in [1.82, 2.24) is 0 Å². The fourth-order valence-corrected chi connectivity index (χ4v) is 2.81. The summed E-state index contributed by atoms with van der Waals surface area (Å²) in [6.45, 7) is 4.47. The lowest BCUT2D eigenvalue weighted by atomic mass is 10.1. The predicted octanol–water partition coefficient (Wildman–Crippen LogP) is 4.20. The van der Waals surface area contributed by atoms with Crippen LogP contribution in [-0.4, -0.2) is 11.2 Å². The Labute approximate surface area is 133 Å². The van der Waals surface area contributed by atoms with Crippen LogP contribution in [0.3, 0.4) is 0 Å². The molecule has 1 aromatic rings. The average Bonchev–Trinajstić information content (AvgIpc) is 2.34. The van der Waals surface area contributed by atoms with Crippen molar-refractivity contribution in [2.24, 2.45) is 5.73 Å². The van der Waals surface area contributed by atoms with Gasteiger partial charge >= 0.3 is 0 Å². The summed E-state index contributed by atoms with van der Waals surface area (Å²) >= 11 is 6.67. The summed E-state index contributed by atoms with van der Waals surface area (Å²) in [5.74, 6) is 0. The third-order valence-corrected chi connectivity index (χ3v) is 3.74. The zero-order valence-electron chi connectivity index (χ0n) is 11.6. The number of aliphatic hydroxyl groups excluding tert-OH is 1. The van der Waals surface area contributed by atoms with Gasteiger partial charge < -0.3 is 16.6 Å². The van der Waals surface area contributed by atoms with Gasteiger partial charge in [0.15, 0.2) is 0 Å². The van der Waals surface area contributed by atoms with Gasteiger partial charge in [-0.1, -0.05) is 42.1 Å². The van der Waals surface area contributed by atoms with Crippen LogP contribution < -0.4 is 11.5 Å². The Bertz CT molecular complexity index is 371. The van der Waals surface area contributed by atoms with E-state index in [4.69, 9.17) is 16.6 Å². The van der Waals surface area contributed by atoms with Crippen LogP contribution >= 0.6 is 31.9 Å². The second kappa shape index (κ2) is 10.7.